The number of ether oxygens (including phenoxy) is 2. The van der Waals surface area contributed by atoms with Crippen molar-refractivity contribution in [3.05, 3.63) is 18.2 Å². The Labute approximate surface area is 192 Å². The van der Waals surface area contributed by atoms with Crippen LogP contribution < -0.4 is 5.32 Å². The normalized spacial score (nSPS) is 20.7. The van der Waals surface area contributed by atoms with Crippen molar-refractivity contribution < 1.29 is 9.47 Å². The summed E-state index contributed by atoms with van der Waals surface area (Å²) < 4.78 is 14.0. The Morgan fingerprint density at radius 1 is 1.31 bits per heavy atom. The summed E-state index contributed by atoms with van der Waals surface area (Å²) in [5.74, 6) is 2.14. The minimum Gasteiger partial charge on any atom is -0.376 e. The third kappa shape index (κ3) is 8.05. The zero-order chi connectivity index (χ0) is 19.6. The summed E-state index contributed by atoms with van der Waals surface area (Å²) >= 11 is 0. The molecule has 0 amide bonds. The molecule has 1 unspecified atom stereocenters. The first-order valence-corrected chi connectivity index (χ1v) is 11.0. The van der Waals surface area contributed by atoms with Gasteiger partial charge in [-0.15, -0.1) is 24.0 Å². The van der Waals surface area contributed by atoms with E-state index in [1.807, 2.05) is 12.4 Å². The monoisotopic (exact) mass is 519 g/mol. The number of aliphatic imine (C=N–C) groups is 1. The van der Waals surface area contributed by atoms with E-state index in [-0.39, 0.29) is 24.0 Å². The number of unbranched alkanes of at least 4 members (excludes halogenated alkanes) is 1. The van der Waals surface area contributed by atoms with Gasteiger partial charge >= 0.3 is 0 Å². The van der Waals surface area contributed by atoms with Crippen LogP contribution in [0.5, 0.6) is 0 Å². The smallest absolute Gasteiger partial charge is 0.193 e. The number of aryl methyl sites for hydroxylation is 2. The Bertz CT molecular complexity index is 596. The summed E-state index contributed by atoms with van der Waals surface area (Å²) in [7, 11) is 0. The van der Waals surface area contributed by atoms with Crippen molar-refractivity contribution in [3.8, 4) is 0 Å². The molecule has 1 atom stereocenters. The number of piperidine rings is 1. The molecule has 1 N–H and O–H groups in total. The Morgan fingerprint density at radius 3 is 2.79 bits per heavy atom. The fourth-order valence-electron chi connectivity index (χ4n) is 3.90. The van der Waals surface area contributed by atoms with Crippen LogP contribution in [-0.2, 0) is 16.0 Å². The van der Waals surface area contributed by atoms with Crippen molar-refractivity contribution in [1.82, 2.24) is 19.8 Å². The highest BCUT2D eigenvalue weighted by Gasteiger charge is 2.24. The maximum atomic E-state index is 6.09. The highest BCUT2D eigenvalue weighted by molar-refractivity contribution is 14.0. The molecule has 0 spiro atoms. The van der Waals surface area contributed by atoms with E-state index >= 15 is 0 Å². The summed E-state index contributed by atoms with van der Waals surface area (Å²) in [4.78, 5) is 11.5. The number of imidazole rings is 1. The molecule has 3 heterocycles. The minimum absolute atomic E-state index is 0. The molecule has 166 valence electrons. The molecule has 2 aliphatic heterocycles. The number of nitrogens with one attached hydrogen (secondary N) is 1. The lowest BCUT2D eigenvalue weighted by Gasteiger charge is -2.34. The van der Waals surface area contributed by atoms with Gasteiger partial charge in [0.2, 0.25) is 0 Å². The quantitative estimate of drug-likeness (QED) is 0.235. The second kappa shape index (κ2) is 13.4. The molecule has 2 aliphatic rings. The summed E-state index contributed by atoms with van der Waals surface area (Å²) in [5.41, 5.74) is 0. The minimum atomic E-state index is 0. The van der Waals surface area contributed by atoms with Crippen LogP contribution in [0.15, 0.2) is 17.4 Å². The van der Waals surface area contributed by atoms with Crippen LogP contribution in [-0.4, -0.2) is 72.0 Å². The van der Waals surface area contributed by atoms with Crippen LogP contribution in [0.4, 0.5) is 0 Å². The van der Waals surface area contributed by atoms with E-state index in [0.717, 1.165) is 89.8 Å². The van der Waals surface area contributed by atoms with E-state index < -0.39 is 0 Å². The van der Waals surface area contributed by atoms with Gasteiger partial charge in [-0.1, -0.05) is 0 Å². The number of hydrogen-bond donors (Lipinski definition) is 1. The Balaban J connectivity index is 0.00000300. The predicted octanol–water partition coefficient (Wildman–Crippen LogP) is 3.22. The lowest BCUT2D eigenvalue weighted by molar-refractivity contribution is -0.0367. The summed E-state index contributed by atoms with van der Waals surface area (Å²) in [6.45, 7) is 10.7. The number of rotatable bonds is 9. The third-order valence-corrected chi connectivity index (χ3v) is 5.61. The lowest BCUT2D eigenvalue weighted by atomic mass is 10.1. The molecule has 0 radical (unpaired) electrons. The van der Waals surface area contributed by atoms with Gasteiger partial charge in [-0.25, -0.2) is 4.98 Å². The third-order valence-electron chi connectivity index (χ3n) is 5.61. The first-order valence-electron chi connectivity index (χ1n) is 11.0. The number of halogens is 1. The second-order valence-corrected chi connectivity index (χ2v) is 7.77. The van der Waals surface area contributed by atoms with Crippen molar-refractivity contribution in [1.29, 1.82) is 0 Å². The zero-order valence-electron chi connectivity index (χ0n) is 18.0. The van der Waals surface area contributed by atoms with E-state index in [1.54, 1.807) is 0 Å². The van der Waals surface area contributed by atoms with Gasteiger partial charge in [-0.3, -0.25) is 4.99 Å². The van der Waals surface area contributed by atoms with Crippen LogP contribution in [0, 0.1) is 6.92 Å². The van der Waals surface area contributed by atoms with E-state index in [0.29, 0.717) is 12.2 Å². The highest BCUT2D eigenvalue weighted by atomic mass is 127. The van der Waals surface area contributed by atoms with Crippen molar-refractivity contribution in [2.45, 2.75) is 71.1 Å². The fourth-order valence-corrected chi connectivity index (χ4v) is 3.90. The molecule has 3 rings (SSSR count). The Hall–Kier alpha value is -0.870. The summed E-state index contributed by atoms with van der Waals surface area (Å²) in [6, 6.07) is 0. The standard InChI is InChI=1S/C21H37N5O2.HI/c1-3-22-21(24-10-4-5-12-25-15-11-23-18(25)2)26-13-8-19(9-14-26)28-17-20-7-6-16-27-20;/h11,15,19-20H,3-10,12-14,16-17H2,1-2H3,(H,22,24);1H. The molecule has 0 aliphatic carbocycles. The average molecular weight is 519 g/mol. The van der Waals surface area contributed by atoms with E-state index in [1.165, 1.54) is 6.42 Å². The van der Waals surface area contributed by atoms with E-state index in [4.69, 9.17) is 14.5 Å². The molecule has 7 nitrogen and oxygen atoms in total. The van der Waals surface area contributed by atoms with Crippen LogP contribution in [0.3, 0.4) is 0 Å². The van der Waals surface area contributed by atoms with E-state index in [2.05, 4.69) is 33.6 Å². The topological polar surface area (TPSA) is 63.9 Å². The molecule has 8 heteroatoms. The average Bonchev–Trinajstić information content (AvgIpc) is 3.38. The SMILES string of the molecule is CCNC(=NCCCCn1ccnc1C)N1CCC(OCC2CCCO2)CC1.I. The van der Waals surface area contributed by atoms with Crippen LogP contribution in [0.2, 0.25) is 0 Å². The maximum absolute atomic E-state index is 6.09. The number of aromatic nitrogens is 2. The van der Waals surface area contributed by atoms with E-state index in [9.17, 15) is 0 Å². The van der Waals surface area contributed by atoms with Crippen molar-refractivity contribution in [2.24, 2.45) is 4.99 Å². The van der Waals surface area contributed by atoms with Gasteiger partial charge in [0, 0.05) is 51.7 Å². The molecular weight excluding hydrogens is 481 g/mol. The van der Waals surface area contributed by atoms with Gasteiger partial charge in [0.05, 0.1) is 18.8 Å². The zero-order valence-corrected chi connectivity index (χ0v) is 20.3. The van der Waals surface area contributed by atoms with Crippen LogP contribution in [0.25, 0.3) is 0 Å². The molecule has 2 fully saturated rings. The Morgan fingerprint density at radius 2 is 2.14 bits per heavy atom. The van der Waals surface area contributed by atoms with Crippen LogP contribution in [0.1, 0.15) is 51.3 Å². The molecule has 1 aromatic rings. The first-order chi connectivity index (χ1) is 13.8. The molecule has 0 aromatic carbocycles. The molecule has 1 aromatic heterocycles. The van der Waals surface area contributed by atoms with Crippen molar-refractivity contribution in [2.75, 3.05) is 39.4 Å². The molecule has 2 saturated heterocycles. The second-order valence-electron chi connectivity index (χ2n) is 7.77. The fraction of sp³-hybridized carbons (Fsp3) is 0.810. The maximum Gasteiger partial charge on any atom is 0.193 e. The molecule has 29 heavy (non-hydrogen) atoms. The summed E-state index contributed by atoms with van der Waals surface area (Å²) in [6.07, 6.45) is 11.3. The number of hydrogen-bond acceptors (Lipinski definition) is 4. The van der Waals surface area contributed by atoms with Gasteiger partial charge in [-0.05, 0) is 52.4 Å². The molecule has 0 bridgehead atoms. The van der Waals surface area contributed by atoms with Gasteiger partial charge in [0.15, 0.2) is 5.96 Å². The molecule has 0 saturated carbocycles. The number of likely N-dealkylation sites (tertiary alicyclic amines) is 1. The predicted molar refractivity (Wildman–Crippen MR) is 127 cm³/mol. The molecular formula is C21H38IN5O2. The number of nitrogens with zero attached hydrogens (tertiary/aromatic N) is 4. The van der Waals surface area contributed by atoms with Crippen LogP contribution >= 0.6 is 24.0 Å². The summed E-state index contributed by atoms with van der Waals surface area (Å²) in [5, 5.41) is 3.46. The van der Waals surface area contributed by atoms with Gasteiger partial charge in [0.1, 0.15) is 5.82 Å². The highest BCUT2D eigenvalue weighted by Crippen LogP contribution is 2.18. The van der Waals surface area contributed by atoms with Gasteiger partial charge < -0.3 is 24.3 Å². The number of guanidine groups is 1. The Kier molecular flexibility index (Phi) is 11.3. The first kappa shape index (κ1) is 24.4. The lowest BCUT2D eigenvalue weighted by Crippen LogP contribution is -2.47. The van der Waals surface area contributed by atoms with Crippen molar-refractivity contribution >= 4 is 29.9 Å². The largest absolute Gasteiger partial charge is 0.376 e. The van der Waals surface area contributed by atoms with Gasteiger partial charge in [0.25, 0.3) is 0 Å². The van der Waals surface area contributed by atoms with Gasteiger partial charge in [-0.2, -0.15) is 0 Å². The van der Waals surface area contributed by atoms with Crippen molar-refractivity contribution in [3.63, 3.8) is 0 Å².